The number of halogens is 1. The zero-order valence-corrected chi connectivity index (χ0v) is 7.29. The van der Waals surface area contributed by atoms with Gasteiger partial charge in [-0.05, 0) is 31.6 Å². The topological polar surface area (TPSA) is 26.0 Å². The van der Waals surface area contributed by atoms with Crippen molar-refractivity contribution in [1.29, 1.82) is 0 Å². The molecule has 1 unspecified atom stereocenters. The van der Waals surface area contributed by atoms with Crippen molar-refractivity contribution in [2.45, 2.75) is 38.1 Å². The average molecular weight is 162 g/mol. The highest BCUT2D eigenvalue weighted by molar-refractivity contribution is 5.85. The van der Waals surface area contributed by atoms with Gasteiger partial charge in [0.25, 0.3) is 0 Å². The molecule has 60 valence electrons. The molecule has 0 aliphatic heterocycles. The fourth-order valence-electron chi connectivity index (χ4n) is 2.48. The van der Waals surface area contributed by atoms with Gasteiger partial charge >= 0.3 is 0 Å². The Kier molecular flexibility index (Phi) is 1.99. The third-order valence-corrected chi connectivity index (χ3v) is 3.25. The van der Waals surface area contributed by atoms with Gasteiger partial charge in [0.15, 0.2) is 0 Å². The standard InChI is InChI=1S/C8H15N.ClH/c1-8(9)6-4-2-3-5-7(6)8;/h6-7H,2-5,9H2,1H3;1H/t6-,7+,8?;. The number of rotatable bonds is 0. The third kappa shape index (κ3) is 0.960. The molecule has 0 aromatic rings. The van der Waals surface area contributed by atoms with E-state index >= 15 is 0 Å². The van der Waals surface area contributed by atoms with Gasteiger partial charge in [-0.25, -0.2) is 0 Å². The highest BCUT2D eigenvalue weighted by Crippen LogP contribution is 2.56. The van der Waals surface area contributed by atoms with E-state index < -0.39 is 0 Å². The smallest absolute Gasteiger partial charge is 0.0189 e. The van der Waals surface area contributed by atoms with E-state index in [4.69, 9.17) is 5.73 Å². The van der Waals surface area contributed by atoms with E-state index in [0.29, 0.717) is 0 Å². The zero-order valence-electron chi connectivity index (χ0n) is 6.47. The van der Waals surface area contributed by atoms with Gasteiger partial charge in [0, 0.05) is 5.54 Å². The van der Waals surface area contributed by atoms with Gasteiger partial charge in [-0.2, -0.15) is 0 Å². The summed E-state index contributed by atoms with van der Waals surface area (Å²) in [6.45, 7) is 2.22. The van der Waals surface area contributed by atoms with Crippen LogP contribution in [0.2, 0.25) is 0 Å². The molecular weight excluding hydrogens is 146 g/mol. The number of fused-ring (bicyclic) bond motifs is 1. The Morgan fingerprint density at radius 3 is 1.90 bits per heavy atom. The summed E-state index contributed by atoms with van der Waals surface area (Å²) in [5.74, 6) is 1.79. The molecule has 10 heavy (non-hydrogen) atoms. The molecule has 0 radical (unpaired) electrons. The first-order chi connectivity index (χ1) is 4.23. The van der Waals surface area contributed by atoms with E-state index in [0.717, 1.165) is 11.8 Å². The van der Waals surface area contributed by atoms with Gasteiger partial charge in [-0.3, -0.25) is 0 Å². The molecule has 0 aromatic heterocycles. The number of hydrogen-bond donors (Lipinski definition) is 1. The maximum absolute atomic E-state index is 6.01. The van der Waals surface area contributed by atoms with Crippen molar-refractivity contribution in [3.8, 4) is 0 Å². The lowest BCUT2D eigenvalue weighted by atomic mass is 10.0. The van der Waals surface area contributed by atoms with Crippen molar-refractivity contribution in [3.63, 3.8) is 0 Å². The highest BCUT2D eigenvalue weighted by atomic mass is 35.5. The Morgan fingerprint density at radius 2 is 1.60 bits per heavy atom. The van der Waals surface area contributed by atoms with Crippen LogP contribution in [0.5, 0.6) is 0 Å². The zero-order chi connectivity index (χ0) is 6.48. The quantitative estimate of drug-likeness (QED) is 0.578. The molecule has 2 fully saturated rings. The summed E-state index contributed by atoms with van der Waals surface area (Å²) in [6, 6.07) is 0. The van der Waals surface area contributed by atoms with Gasteiger partial charge in [0.05, 0.1) is 0 Å². The first-order valence-corrected chi connectivity index (χ1v) is 4.02. The molecule has 0 saturated heterocycles. The van der Waals surface area contributed by atoms with Crippen LogP contribution in [0.15, 0.2) is 0 Å². The molecule has 3 atom stereocenters. The Bertz CT molecular complexity index is 119. The molecule has 2 aliphatic rings. The van der Waals surface area contributed by atoms with Crippen molar-refractivity contribution >= 4 is 12.4 Å². The predicted octanol–water partition coefficient (Wildman–Crippen LogP) is 1.95. The summed E-state index contributed by atoms with van der Waals surface area (Å²) in [7, 11) is 0. The van der Waals surface area contributed by atoms with Gasteiger partial charge in [-0.1, -0.05) is 12.8 Å². The first kappa shape index (κ1) is 8.35. The van der Waals surface area contributed by atoms with Crippen LogP contribution in [-0.4, -0.2) is 5.54 Å². The molecule has 1 nitrogen and oxygen atoms in total. The van der Waals surface area contributed by atoms with Crippen LogP contribution in [0.4, 0.5) is 0 Å². The second-order valence-corrected chi connectivity index (χ2v) is 3.86. The molecule has 2 heteroatoms. The van der Waals surface area contributed by atoms with E-state index in [1.807, 2.05) is 0 Å². The van der Waals surface area contributed by atoms with Crippen LogP contribution in [0, 0.1) is 11.8 Å². The van der Waals surface area contributed by atoms with Crippen molar-refractivity contribution < 1.29 is 0 Å². The second-order valence-electron chi connectivity index (χ2n) is 3.86. The molecule has 0 spiro atoms. The van der Waals surface area contributed by atoms with Crippen LogP contribution in [0.25, 0.3) is 0 Å². The molecule has 2 rings (SSSR count). The minimum absolute atomic E-state index is 0. The number of nitrogens with two attached hydrogens (primary N) is 1. The van der Waals surface area contributed by atoms with Crippen LogP contribution in [-0.2, 0) is 0 Å². The number of hydrogen-bond acceptors (Lipinski definition) is 1. The summed E-state index contributed by atoms with van der Waals surface area (Å²) >= 11 is 0. The Labute approximate surface area is 68.8 Å². The summed E-state index contributed by atoms with van der Waals surface area (Å²) in [4.78, 5) is 0. The van der Waals surface area contributed by atoms with Gasteiger partial charge in [0.2, 0.25) is 0 Å². The molecule has 2 N–H and O–H groups in total. The lowest BCUT2D eigenvalue weighted by Gasteiger charge is -2.04. The Balaban J connectivity index is 0.000000500. The second kappa shape index (κ2) is 2.38. The summed E-state index contributed by atoms with van der Waals surface area (Å²) in [6.07, 6.45) is 5.65. The summed E-state index contributed by atoms with van der Waals surface area (Å²) < 4.78 is 0. The van der Waals surface area contributed by atoms with Gasteiger partial charge < -0.3 is 5.73 Å². The lowest BCUT2D eigenvalue weighted by molar-refractivity contribution is 0.480. The van der Waals surface area contributed by atoms with Crippen LogP contribution < -0.4 is 5.73 Å². The average Bonchev–Trinajstić information content (AvgIpc) is 2.39. The maximum Gasteiger partial charge on any atom is 0.0189 e. The van der Waals surface area contributed by atoms with Crippen molar-refractivity contribution in [2.75, 3.05) is 0 Å². The fourth-order valence-corrected chi connectivity index (χ4v) is 2.48. The monoisotopic (exact) mass is 161 g/mol. The minimum Gasteiger partial charge on any atom is -0.325 e. The third-order valence-electron chi connectivity index (χ3n) is 3.25. The molecule has 2 saturated carbocycles. The lowest BCUT2D eigenvalue weighted by Crippen LogP contribution is -2.21. The Morgan fingerprint density at radius 1 is 1.20 bits per heavy atom. The normalized spacial score (nSPS) is 51.0. The molecule has 0 aromatic carbocycles. The van der Waals surface area contributed by atoms with Crippen molar-refractivity contribution in [2.24, 2.45) is 17.6 Å². The van der Waals surface area contributed by atoms with Crippen molar-refractivity contribution in [3.05, 3.63) is 0 Å². The summed E-state index contributed by atoms with van der Waals surface area (Å²) in [5.41, 5.74) is 6.26. The SMILES string of the molecule is CC1(N)[C@@H]2CCCC[C@@H]21.Cl. The largest absolute Gasteiger partial charge is 0.325 e. The molecular formula is C8H16ClN. The van der Waals surface area contributed by atoms with E-state index in [9.17, 15) is 0 Å². The van der Waals surface area contributed by atoms with Gasteiger partial charge in [-0.15, -0.1) is 12.4 Å². The first-order valence-electron chi connectivity index (χ1n) is 4.02. The van der Waals surface area contributed by atoms with Crippen LogP contribution >= 0.6 is 12.4 Å². The van der Waals surface area contributed by atoms with E-state index in [2.05, 4.69) is 6.92 Å². The Hall–Kier alpha value is 0.250. The highest BCUT2D eigenvalue weighted by Gasteiger charge is 2.58. The van der Waals surface area contributed by atoms with Crippen molar-refractivity contribution in [1.82, 2.24) is 0 Å². The summed E-state index contributed by atoms with van der Waals surface area (Å²) in [5, 5.41) is 0. The minimum atomic E-state index is 0. The molecule has 2 aliphatic carbocycles. The fraction of sp³-hybridized carbons (Fsp3) is 1.00. The molecule has 0 bridgehead atoms. The van der Waals surface area contributed by atoms with Crippen LogP contribution in [0.1, 0.15) is 32.6 Å². The van der Waals surface area contributed by atoms with Crippen LogP contribution in [0.3, 0.4) is 0 Å². The van der Waals surface area contributed by atoms with E-state index in [1.165, 1.54) is 25.7 Å². The van der Waals surface area contributed by atoms with Gasteiger partial charge in [0.1, 0.15) is 0 Å². The predicted molar refractivity (Wildman–Crippen MR) is 45.3 cm³/mol. The molecule has 0 amide bonds. The van der Waals surface area contributed by atoms with E-state index in [-0.39, 0.29) is 17.9 Å². The maximum atomic E-state index is 6.01. The van der Waals surface area contributed by atoms with E-state index in [1.54, 1.807) is 0 Å². The molecule has 0 heterocycles.